The molecule has 0 spiro atoms. The number of carbonyl (C=O) groups is 2. The van der Waals surface area contributed by atoms with Crippen LogP contribution in [0, 0.1) is 0 Å². The lowest BCUT2D eigenvalue weighted by molar-refractivity contribution is -0.140. The topological polar surface area (TPSA) is 110 Å². The van der Waals surface area contributed by atoms with E-state index in [2.05, 4.69) is 76.7 Å². The number of ether oxygens (including phenoxy) is 3. The van der Waals surface area contributed by atoms with Crippen molar-refractivity contribution in [3.8, 4) is 0 Å². The average molecular weight is 551 g/mol. The summed E-state index contributed by atoms with van der Waals surface area (Å²) in [6.07, 6.45) is 6.84. The minimum Gasteiger partial charge on any atom is -0.460 e. The fraction of sp³-hybridized carbons (Fsp3) is 0.800. The lowest BCUT2D eigenvalue weighted by atomic mass is 9.79. The summed E-state index contributed by atoms with van der Waals surface area (Å²) < 4.78 is 15.9. The Hall–Kier alpha value is -2.10. The van der Waals surface area contributed by atoms with E-state index in [4.69, 9.17) is 14.2 Å². The fourth-order valence-electron chi connectivity index (χ4n) is 6.52. The van der Waals surface area contributed by atoms with E-state index in [1.165, 1.54) is 12.2 Å². The van der Waals surface area contributed by atoms with Gasteiger partial charge in [0.15, 0.2) is 0 Å². The average Bonchev–Trinajstić information content (AvgIpc) is 2.67. The molecule has 2 aliphatic rings. The van der Waals surface area contributed by atoms with Crippen LogP contribution in [0.2, 0.25) is 0 Å². The van der Waals surface area contributed by atoms with Gasteiger partial charge in [0.1, 0.15) is 13.2 Å². The molecule has 9 heteroatoms. The van der Waals surface area contributed by atoms with Crippen molar-refractivity contribution in [2.75, 3.05) is 26.4 Å². The summed E-state index contributed by atoms with van der Waals surface area (Å²) >= 11 is 0. The largest absolute Gasteiger partial charge is 0.460 e. The molecule has 4 N–H and O–H groups in total. The van der Waals surface area contributed by atoms with Crippen molar-refractivity contribution in [2.45, 2.75) is 129 Å². The second-order valence-electron chi connectivity index (χ2n) is 13.9. The number of allylic oxidation sites excluding steroid dienone is 2. The van der Waals surface area contributed by atoms with Crippen molar-refractivity contribution in [1.82, 2.24) is 21.3 Å². The lowest BCUT2D eigenvalue weighted by Crippen LogP contribution is -2.61. The molecule has 0 amide bonds. The molecule has 9 nitrogen and oxygen atoms in total. The van der Waals surface area contributed by atoms with E-state index < -0.39 is 11.9 Å². The molecule has 0 aliphatic carbocycles. The Kier molecular flexibility index (Phi) is 11.5. The smallest absolute Gasteiger partial charge is 0.332 e. The van der Waals surface area contributed by atoms with Crippen molar-refractivity contribution in [3.05, 3.63) is 23.5 Å². The van der Waals surface area contributed by atoms with Crippen LogP contribution in [0.5, 0.6) is 0 Å². The molecule has 39 heavy (non-hydrogen) atoms. The molecule has 0 bridgehead atoms. The molecule has 2 saturated heterocycles. The van der Waals surface area contributed by atoms with Gasteiger partial charge in [0.25, 0.3) is 0 Å². The minimum atomic E-state index is -0.406. The van der Waals surface area contributed by atoms with Crippen molar-refractivity contribution >= 4 is 11.9 Å². The maximum Gasteiger partial charge on any atom is 0.332 e. The maximum atomic E-state index is 12.2. The van der Waals surface area contributed by atoms with Gasteiger partial charge in [-0.1, -0.05) is 0 Å². The van der Waals surface area contributed by atoms with E-state index in [-0.39, 0.29) is 60.7 Å². The molecule has 2 rings (SSSR count). The monoisotopic (exact) mass is 550 g/mol. The van der Waals surface area contributed by atoms with Gasteiger partial charge in [-0.2, -0.15) is 0 Å². The highest BCUT2D eigenvalue weighted by atomic mass is 16.6. The number of esters is 2. The van der Waals surface area contributed by atoms with Gasteiger partial charge < -0.3 is 35.5 Å². The van der Waals surface area contributed by atoms with E-state index in [1.807, 2.05) is 13.8 Å². The molecule has 2 heterocycles. The van der Waals surface area contributed by atoms with Gasteiger partial charge in [-0.25, -0.2) is 9.59 Å². The molecule has 0 unspecified atom stereocenters. The van der Waals surface area contributed by atoms with Crippen LogP contribution < -0.4 is 21.3 Å². The Morgan fingerprint density at radius 1 is 0.641 bits per heavy atom. The molecule has 0 aromatic carbocycles. The molecule has 0 atom stereocenters. The molecule has 2 fully saturated rings. The highest BCUT2D eigenvalue weighted by Gasteiger charge is 2.38. The zero-order chi connectivity index (χ0) is 29.5. The summed E-state index contributed by atoms with van der Waals surface area (Å²) in [5, 5.41) is 14.2. The highest BCUT2D eigenvalue weighted by Crippen LogP contribution is 2.30. The van der Waals surface area contributed by atoms with Crippen molar-refractivity contribution in [3.63, 3.8) is 0 Å². The Bertz CT molecular complexity index is 803. The first-order valence-corrected chi connectivity index (χ1v) is 14.3. The van der Waals surface area contributed by atoms with E-state index in [1.54, 1.807) is 0 Å². The first kappa shape index (κ1) is 33.1. The van der Waals surface area contributed by atoms with Crippen LogP contribution in [-0.2, 0) is 23.8 Å². The predicted molar refractivity (Wildman–Crippen MR) is 155 cm³/mol. The standard InChI is InChI=1S/C30H54N4O5/c1-21(31-23-17-27(3,4)33-28(5,6)18-23)15-25(35)38-13-11-37-12-14-39-26(36)16-22(2)32-24-19-29(7,8)34-30(9,10)20-24/h15-16,23-24,31-34H,11-14,17-20H2,1-10H3. The third-order valence-corrected chi connectivity index (χ3v) is 6.86. The molecule has 224 valence electrons. The van der Waals surface area contributed by atoms with Crippen LogP contribution in [0.25, 0.3) is 0 Å². The van der Waals surface area contributed by atoms with E-state index in [0.717, 1.165) is 37.1 Å². The molecular formula is C30H54N4O5. The van der Waals surface area contributed by atoms with E-state index in [0.29, 0.717) is 0 Å². The number of hydrogen-bond donors (Lipinski definition) is 4. The first-order valence-electron chi connectivity index (χ1n) is 14.3. The molecule has 0 saturated carbocycles. The van der Waals surface area contributed by atoms with Crippen LogP contribution in [0.15, 0.2) is 23.5 Å². The molecule has 0 aromatic heterocycles. The fourth-order valence-corrected chi connectivity index (χ4v) is 6.52. The van der Waals surface area contributed by atoms with Crippen LogP contribution in [0.1, 0.15) is 94.9 Å². The maximum absolute atomic E-state index is 12.2. The van der Waals surface area contributed by atoms with Crippen LogP contribution >= 0.6 is 0 Å². The molecular weight excluding hydrogens is 496 g/mol. The Balaban J connectivity index is 1.60. The van der Waals surface area contributed by atoms with Gasteiger partial charge in [-0.15, -0.1) is 0 Å². The van der Waals surface area contributed by atoms with Gasteiger partial charge in [-0.3, -0.25) is 0 Å². The zero-order valence-electron chi connectivity index (χ0n) is 26.0. The summed E-state index contributed by atoms with van der Waals surface area (Å²) in [6, 6.07) is 0.564. The summed E-state index contributed by atoms with van der Waals surface area (Å²) in [6.45, 7) is 22.1. The zero-order valence-corrected chi connectivity index (χ0v) is 26.0. The number of hydrogen-bond acceptors (Lipinski definition) is 9. The predicted octanol–water partition coefficient (Wildman–Crippen LogP) is 3.69. The van der Waals surface area contributed by atoms with Gasteiger partial charge >= 0.3 is 11.9 Å². The molecule has 0 radical (unpaired) electrons. The highest BCUT2D eigenvalue weighted by molar-refractivity contribution is 5.83. The van der Waals surface area contributed by atoms with Crippen molar-refractivity contribution in [1.29, 1.82) is 0 Å². The van der Waals surface area contributed by atoms with Crippen molar-refractivity contribution < 1.29 is 23.8 Å². The Labute approximate surface area is 236 Å². The summed E-state index contributed by atoms with van der Waals surface area (Å²) in [7, 11) is 0. The lowest BCUT2D eigenvalue weighted by Gasteiger charge is -2.47. The van der Waals surface area contributed by atoms with Gasteiger partial charge in [-0.05, 0) is 94.9 Å². The summed E-state index contributed by atoms with van der Waals surface area (Å²) in [5.74, 6) is -0.813. The summed E-state index contributed by atoms with van der Waals surface area (Å²) in [5.41, 5.74) is 1.69. The minimum absolute atomic E-state index is 0.0274. The third kappa shape index (κ3) is 13.2. The third-order valence-electron chi connectivity index (χ3n) is 6.86. The van der Waals surface area contributed by atoms with Gasteiger partial charge in [0, 0.05) is 57.8 Å². The van der Waals surface area contributed by atoms with Gasteiger partial charge in [0.05, 0.1) is 13.2 Å². The number of rotatable bonds is 12. The summed E-state index contributed by atoms with van der Waals surface area (Å²) in [4.78, 5) is 24.3. The Morgan fingerprint density at radius 3 is 1.26 bits per heavy atom. The molecule has 0 aromatic rings. The second-order valence-corrected chi connectivity index (χ2v) is 13.9. The quantitative estimate of drug-likeness (QED) is 0.164. The first-order chi connectivity index (χ1) is 17.9. The van der Waals surface area contributed by atoms with Gasteiger partial charge in [0.2, 0.25) is 0 Å². The number of nitrogens with one attached hydrogen (secondary N) is 4. The second kappa shape index (κ2) is 13.5. The SMILES string of the molecule is CC(=CC(=O)OCCOCCOC(=O)C=C(C)NC1CC(C)(C)NC(C)(C)C1)NC1CC(C)(C)NC(C)(C)C1. The molecule has 2 aliphatic heterocycles. The number of piperidine rings is 2. The van der Waals surface area contributed by atoms with E-state index in [9.17, 15) is 9.59 Å². The Morgan fingerprint density at radius 2 is 0.949 bits per heavy atom. The van der Waals surface area contributed by atoms with Crippen molar-refractivity contribution in [2.24, 2.45) is 0 Å². The van der Waals surface area contributed by atoms with Crippen LogP contribution in [0.3, 0.4) is 0 Å². The number of carbonyl (C=O) groups excluding carboxylic acids is 2. The van der Waals surface area contributed by atoms with E-state index >= 15 is 0 Å². The van der Waals surface area contributed by atoms with Crippen LogP contribution in [-0.4, -0.2) is 72.6 Å². The van der Waals surface area contributed by atoms with Crippen LogP contribution in [0.4, 0.5) is 0 Å². The normalized spacial score (nSPS) is 23.1.